The molecular formula is C18H16ClN5O. The second-order valence-electron chi connectivity index (χ2n) is 6.25. The van der Waals surface area contributed by atoms with E-state index >= 15 is 0 Å². The van der Waals surface area contributed by atoms with Gasteiger partial charge in [-0.1, -0.05) is 29.8 Å². The third-order valence-electron chi connectivity index (χ3n) is 4.57. The van der Waals surface area contributed by atoms with Gasteiger partial charge in [-0.25, -0.2) is 4.98 Å². The number of halogens is 1. The molecule has 4 heterocycles. The topological polar surface area (TPSA) is 62.6 Å². The second kappa shape index (κ2) is 5.82. The van der Waals surface area contributed by atoms with Crippen LogP contribution in [0.1, 0.15) is 11.1 Å². The van der Waals surface area contributed by atoms with Crippen molar-refractivity contribution in [2.24, 2.45) is 4.99 Å². The molecule has 1 N–H and O–H groups in total. The monoisotopic (exact) mass is 353 g/mol. The number of aliphatic imine (C=N–C) groups is 1. The molecular weight excluding hydrogens is 338 g/mol. The summed E-state index contributed by atoms with van der Waals surface area (Å²) >= 11 is 6.41. The number of aromatic nitrogens is 2. The van der Waals surface area contributed by atoms with Gasteiger partial charge in [0, 0.05) is 34.5 Å². The number of amidine groups is 1. The van der Waals surface area contributed by atoms with Crippen LogP contribution in [0.2, 0.25) is 5.02 Å². The van der Waals surface area contributed by atoms with Gasteiger partial charge >= 0.3 is 0 Å². The van der Waals surface area contributed by atoms with Crippen LogP contribution in [0.5, 0.6) is 0 Å². The predicted molar refractivity (Wildman–Crippen MR) is 99.2 cm³/mol. The van der Waals surface area contributed by atoms with Gasteiger partial charge in [-0.2, -0.15) is 4.98 Å². The zero-order chi connectivity index (χ0) is 16.8. The van der Waals surface area contributed by atoms with E-state index in [9.17, 15) is 0 Å². The molecule has 0 amide bonds. The molecule has 25 heavy (non-hydrogen) atoms. The highest BCUT2D eigenvalue weighted by atomic mass is 35.5. The Kier molecular flexibility index (Phi) is 3.46. The van der Waals surface area contributed by atoms with Crippen molar-refractivity contribution < 1.29 is 4.74 Å². The van der Waals surface area contributed by atoms with Crippen molar-refractivity contribution in [1.82, 2.24) is 9.97 Å². The van der Waals surface area contributed by atoms with E-state index in [0.29, 0.717) is 25.2 Å². The second-order valence-corrected chi connectivity index (χ2v) is 6.65. The minimum absolute atomic E-state index is 0.294. The molecule has 0 unspecified atom stereocenters. The molecule has 1 aromatic carbocycles. The molecule has 1 aromatic heterocycles. The summed E-state index contributed by atoms with van der Waals surface area (Å²) in [5, 5.41) is 4.02. The molecule has 1 fully saturated rings. The molecule has 0 aliphatic carbocycles. The summed E-state index contributed by atoms with van der Waals surface area (Å²) in [6.45, 7) is 2.97. The highest BCUT2D eigenvalue weighted by molar-refractivity contribution is 6.40. The Labute approximate surface area is 150 Å². The Morgan fingerprint density at radius 3 is 2.92 bits per heavy atom. The number of hydrogen-bond acceptors (Lipinski definition) is 6. The normalized spacial score (nSPS) is 18.8. The van der Waals surface area contributed by atoms with Crippen LogP contribution in [0.25, 0.3) is 11.6 Å². The first-order chi connectivity index (χ1) is 12.3. The van der Waals surface area contributed by atoms with Crippen molar-refractivity contribution in [3.8, 4) is 0 Å². The summed E-state index contributed by atoms with van der Waals surface area (Å²) in [5.74, 6) is 2.45. The quantitative estimate of drug-likeness (QED) is 0.919. The molecule has 3 aliphatic heterocycles. The van der Waals surface area contributed by atoms with Gasteiger partial charge in [0.1, 0.15) is 11.7 Å². The zero-order valence-electron chi connectivity index (χ0n) is 13.4. The molecule has 3 aliphatic rings. The molecule has 5 rings (SSSR count). The van der Waals surface area contributed by atoms with E-state index in [4.69, 9.17) is 21.3 Å². The Morgan fingerprint density at radius 1 is 1.24 bits per heavy atom. The summed E-state index contributed by atoms with van der Waals surface area (Å²) in [6, 6.07) is 8.13. The molecule has 126 valence electrons. The van der Waals surface area contributed by atoms with E-state index in [0.717, 1.165) is 46.5 Å². The number of anilines is 2. The smallest absolute Gasteiger partial charge is 0.225 e. The van der Waals surface area contributed by atoms with Crippen LogP contribution >= 0.6 is 11.6 Å². The number of rotatable bonds is 3. The first-order valence-electron chi connectivity index (χ1n) is 8.30. The highest BCUT2D eigenvalue weighted by Crippen LogP contribution is 2.37. The number of nitrogens with one attached hydrogen (secondary N) is 1. The van der Waals surface area contributed by atoms with Crippen LogP contribution in [0, 0.1) is 0 Å². The summed E-state index contributed by atoms with van der Waals surface area (Å²) < 4.78 is 5.19. The molecule has 0 spiro atoms. The lowest BCUT2D eigenvalue weighted by atomic mass is 9.98. The number of benzene rings is 1. The van der Waals surface area contributed by atoms with Crippen LogP contribution in [0.15, 0.2) is 35.5 Å². The van der Waals surface area contributed by atoms with Crippen molar-refractivity contribution in [2.45, 2.75) is 6.04 Å². The molecule has 0 bridgehead atoms. The average Bonchev–Trinajstić information content (AvgIpc) is 3.08. The molecule has 0 saturated carbocycles. The first-order valence-corrected chi connectivity index (χ1v) is 8.68. The van der Waals surface area contributed by atoms with Crippen LogP contribution in [0.4, 0.5) is 11.8 Å². The Bertz CT molecular complexity index is 906. The van der Waals surface area contributed by atoms with E-state index in [1.165, 1.54) is 0 Å². The van der Waals surface area contributed by atoms with Gasteiger partial charge in [-0.15, -0.1) is 0 Å². The van der Waals surface area contributed by atoms with Gasteiger partial charge in [0.15, 0.2) is 0 Å². The molecule has 1 saturated heterocycles. The fraction of sp³-hybridized carbons (Fsp3) is 0.278. The van der Waals surface area contributed by atoms with Gasteiger partial charge in [-0.05, 0) is 12.1 Å². The molecule has 7 heteroatoms. The Morgan fingerprint density at radius 2 is 2.12 bits per heavy atom. The third-order valence-corrected chi connectivity index (χ3v) is 4.90. The van der Waals surface area contributed by atoms with E-state index in [1.807, 2.05) is 30.5 Å². The fourth-order valence-corrected chi connectivity index (χ4v) is 3.49. The fourth-order valence-electron chi connectivity index (χ4n) is 3.25. The lowest BCUT2D eigenvalue weighted by molar-refractivity contribution is 0.0208. The highest BCUT2D eigenvalue weighted by Gasteiger charge is 2.31. The van der Waals surface area contributed by atoms with E-state index in [2.05, 4.69) is 26.3 Å². The van der Waals surface area contributed by atoms with Gasteiger partial charge < -0.3 is 15.0 Å². The minimum atomic E-state index is 0.294. The number of fused-ring (bicyclic) bond motifs is 3. The molecule has 6 nitrogen and oxygen atoms in total. The van der Waals surface area contributed by atoms with E-state index in [-0.39, 0.29) is 0 Å². The van der Waals surface area contributed by atoms with Crippen molar-refractivity contribution in [1.29, 1.82) is 0 Å². The van der Waals surface area contributed by atoms with Crippen molar-refractivity contribution in [3.63, 3.8) is 0 Å². The van der Waals surface area contributed by atoms with Crippen LogP contribution in [-0.2, 0) is 4.74 Å². The summed E-state index contributed by atoms with van der Waals surface area (Å²) in [6.07, 6.45) is 3.93. The first kappa shape index (κ1) is 14.9. The van der Waals surface area contributed by atoms with Crippen LogP contribution in [-0.4, -0.2) is 48.1 Å². The minimum Gasteiger partial charge on any atom is -0.377 e. The van der Waals surface area contributed by atoms with Crippen LogP contribution in [0.3, 0.4) is 0 Å². The molecule has 0 radical (unpaired) electrons. The SMILES string of the molecule is Clc1ccccc1C1=Cc2cnc(NC3COC3)nc2N2CCN=C12. The predicted octanol–water partition coefficient (Wildman–Crippen LogP) is 2.71. The molecule has 2 aromatic rings. The van der Waals surface area contributed by atoms with Gasteiger partial charge in [0.2, 0.25) is 5.95 Å². The number of hydrogen-bond donors (Lipinski definition) is 1. The average molecular weight is 354 g/mol. The van der Waals surface area contributed by atoms with Crippen molar-refractivity contribution in [3.05, 3.63) is 46.6 Å². The maximum Gasteiger partial charge on any atom is 0.225 e. The van der Waals surface area contributed by atoms with Gasteiger partial charge in [0.05, 0.1) is 25.8 Å². The lowest BCUT2D eigenvalue weighted by Crippen LogP contribution is -2.41. The molecule has 0 atom stereocenters. The largest absolute Gasteiger partial charge is 0.377 e. The van der Waals surface area contributed by atoms with Crippen molar-refractivity contribution in [2.75, 3.05) is 36.5 Å². The maximum absolute atomic E-state index is 6.41. The third kappa shape index (κ3) is 2.49. The van der Waals surface area contributed by atoms with E-state index in [1.54, 1.807) is 0 Å². The Hall–Kier alpha value is -2.44. The summed E-state index contributed by atoms with van der Waals surface area (Å²) in [7, 11) is 0. The van der Waals surface area contributed by atoms with Crippen LogP contribution < -0.4 is 10.2 Å². The standard InChI is InChI=1S/C18H16ClN5O/c19-15-4-2-1-3-13(15)14-7-11-8-21-18(22-12-9-25-10-12)23-16(11)24-6-5-20-17(14)24/h1-4,7-8,12H,5-6,9-10H2,(H,21,22,23). The zero-order valence-corrected chi connectivity index (χ0v) is 14.2. The Balaban J connectivity index is 1.58. The van der Waals surface area contributed by atoms with Crippen molar-refractivity contribution >= 4 is 40.9 Å². The van der Waals surface area contributed by atoms with Gasteiger partial charge in [0.25, 0.3) is 0 Å². The summed E-state index contributed by atoms with van der Waals surface area (Å²) in [4.78, 5) is 16.0. The van der Waals surface area contributed by atoms with E-state index < -0.39 is 0 Å². The summed E-state index contributed by atoms with van der Waals surface area (Å²) in [5.41, 5.74) is 2.98. The lowest BCUT2D eigenvalue weighted by Gasteiger charge is -2.30. The number of nitrogens with zero attached hydrogens (tertiary/aromatic N) is 4. The number of ether oxygens (including phenoxy) is 1. The maximum atomic E-state index is 6.41. The van der Waals surface area contributed by atoms with Gasteiger partial charge in [-0.3, -0.25) is 4.99 Å².